The molecule has 0 aliphatic rings. The number of benzene rings is 2. The fourth-order valence-electron chi connectivity index (χ4n) is 3.75. The van der Waals surface area contributed by atoms with Crippen LogP contribution in [-0.2, 0) is 0 Å². The molecule has 2 aromatic carbocycles. The van der Waals surface area contributed by atoms with E-state index in [-0.39, 0.29) is 50.7 Å². The molecule has 0 saturated heterocycles. The number of pyridine rings is 1. The van der Waals surface area contributed by atoms with Crippen molar-refractivity contribution < 1.29 is 41.4 Å². The van der Waals surface area contributed by atoms with Crippen LogP contribution in [-0.4, -0.2) is 48.8 Å². The van der Waals surface area contributed by atoms with E-state index in [2.05, 4.69) is 15.6 Å². The van der Waals surface area contributed by atoms with Crippen molar-refractivity contribution in [2.45, 2.75) is 6.18 Å². The van der Waals surface area contributed by atoms with Gasteiger partial charge in [-0.2, -0.15) is 18.2 Å². The first kappa shape index (κ1) is 25.5. The molecule has 2 aromatic heterocycles. The lowest BCUT2D eigenvalue weighted by Gasteiger charge is -2.16. The molecule has 0 radical (unpaired) electrons. The lowest BCUT2D eigenvalue weighted by molar-refractivity contribution is -0.115. The van der Waals surface area contributed by atoms with E-state index in [0.717, 1.165) is 12.1 Å². The Bertz CT molecular complexity index is 1500. The number of fused-ring (bicyclic) bond motifs is 1. The summed E-state index contributed by atoms with van der Waals surface area (Å²) in [7, 11) is 2.69. The number of ether oxygens (including phenoxy) is 1. The van der Waals surface area contributed by atoms with Gasteiger partial charge in [-0.3, -0.25) is 4.79 Å². The van der Waals surface area contributed by atoms with E-state index in [1.54, 1.807) is 0 Å². The third-order valence-electron chi connectivity index (χ3n) is 5.44. The lowest BCUT2D eigenvalue weighted by atomic mass is 9.99. The van der Waals surface area contributed by atoms with Crippen molar-refractivity contribution in [3.05, 3.63) is 65.5 Å². The van der Waals surface area contributed by atoms with E-state index in [1.807, 2.05) is 0 Å². The van der Waals surface area contributed by atoms with Crippen molar-refractivity contribution in [1.29, 1.82) is 0 Å². The number of rotatable bonds is 7. The highest BCUT2D eigenvalue weighted by molar-refractivity contribution is 6.11. The Labute approximate surface area is 206 Å². The van der Waals surface area contributed by atoms with Crippen molar-refractivity contribution in [2.75, 3.05) is 26.0 Å². The molecule has 192 valence electrons. The first-order valence-corrected chi connectivity index (χ1v) is 10.7. The summed E-state index contributed by atoms with van der Waals surface area (Å²) in [5.41, 5.74) is 0.175. The fourth-order valence-corrected chi connectivity index (χ4v) is 3.75. The first-order valence-electron chi connectivity index (χ1n) is 10.7. The van der Waals surface area contributed by atoms with Crippen LogP contribution < -0.4 is 15.4 Å². The Kier molecular flexibility index (Phi) is 6.75. The molecular weight excluding hydrogens is 498 g/mol. The van der Waals surface area contributed by atoms with Gasteiger partial charge in [0.1, 0.15) is 29.7 Å². The van der Waals surface area contributed by atoms with Crippen molar-refractivity contribution in [3.63, 3.8) is 0 Å². The monoisotopic (exact) mass is 517 g/mol. The number of methoxy groups -OCH3 is 1. The quantitative estimate of drug-likeness (QED) is 0.284. The molecule has 0 bridgehead atoms. The number of halogens is 4. The zero-order valence-corrected chi connectivity index (χ0v) is 19.4. The van der Waals surface area contributed by atoms with Crippen LogP contribution in [0.2, 0.25) is 0 Å². The molecule has 0 spiro atoms. The first-order chi connectivity index (χ1) is 17.5. The fraction of sp³-hybridized carbons (Fsp3) is 0.160. The molecule has 1 amide bonds. The number of anilines is 1. The second kappa shape index (κ2) is 9.80. The predicted octanol–water partition coefficient (Wildman–Crippen LogP) is 5.34. The lowest BCUT2D eigenvalue weighted by Crippen LogP contribution is -2.22. The highest BCUT2D eigenvalue weighted by Crippen LogP contribution is 2.41. The van der Waals surface area contributed by atoms with E-state index in [0.29, 0.717) is 5.56 Å². The molecular formula is C25H19F4N3O5. The minimum absolute atomic E-state index is 0.00795. The molecule has 0 unspecified atom stereocenters. The molecule has 0 aliphatic heterocycles. The summed E-state index contributed by atoms with van der Waals surface area (Å²) in [6.45, 7) is -1.45. The van der Waals surface area contributed by atoms with Crippen LogP contribution in [0.15, 0.2) is 52.9 Å². The van der Waals surface area contributed by atoms with Crippen LogP contribution in [0.25, 0.3) is 33.6 Å². The van der Waals surface area contributed by atoms with Gasteiger partial charge in [-0.1, -0.05) is 0 Å². The number of amides is 1. The molecule has 0 aliphatic carbocycles. The smallest absolute Gasteiger partial charge is 0.405 e. The van der Waals surface area contributed by atoms with Gasteiger partial charge in [0.25, 0.3) is 5.91 Å². The van der Waals surface area contributed by atoms with E-state index < -0.39 is 30.4 Å². The van der Waals surface area contributed by atoms with Gasteiger partial charge >= 0.3 is 12.1 Å². The van der Waals surface area contributed by atoms with Gasteiger partial charge < -0.3 is 24.9 Å². The molecule has 4 rings (SSSR count). The summed E-state index contributed by atoms with van der Waals surface area (Å²) in [6.07, 6.45) is -4.60. The molecule has 8 nitrogen and oxygen atoms in total. The average molecular weight is 517 g/mol. The Morgan fingerprint density at radius 3 is 2.38 bits per heavy atom. The van der Waals surface area contributed by atoms with E-state index in [4.69, 9.17) is 9.15 Å². The number of nitrogens with one attached hydrogen (secondary N) is 2. The predicted molar refractivity (Wildman–Crippen MR) is 126 cm³/mol. The van der Waals surface area contributed by atoms with Crippen LogP contribution in [0.1, 0.15) is 20.7 Å². The van der Waals surface area contributed by atoms with Gasteiger partial charge in [0.05, 0.1) is 23.6 Å². The maximum absolute atomic E-state index is 13.5. The Balaban J connectivity index is 2.04. The number of nitrogens with zero attached hydrogens (tertiary/aromatic N) is 1. The van der Waals surface area contributed by atoms with E-state index in [9.17, 15) is 32.3 Å². The summed E-state index contributed by atoms with van der Waals surface area (Å²) in [5, 5.41) is 14.3. The third-order valence-corrected chi connectivity index (χ3v) is 5.44. The van der Waals surface area contributed by atoms with Crippen LogP contribution in [0, 0.1) is 5.82 Å². The summed E-state index contributed by atoms with van der Waals surface area (Å²) >= 11 is 0. The largest absolute Gasteiger partial charge is 0.496 e. The van der Waals surface area contributed by atoms with Gasteiger partial charge in [-0.25, -0.2) is 9.18 Å². The number of alkyl halides is 3. The van der Waals surface area contributed by atoms with E-state index in [1.165, 1.54) is 50.6 Å². The maximum Gasteiger partial charge on any atom is 0.405 e. The summed E-state index contributed by atoms with van der Waals surface area (Å²) < 4.78 is 63.8. The second-order valence-corrected chi connectivity index (χ2v) is 7.82. The molecule has 0 atom stereocenters. The van der Waals surface area contributed by atoms with Gasteiger partial charge in [0.15, 0.2) is 0 Å². The molecule has 37 heavy (non-hydrogen) atoms. The standard InChI is InChI=1S/C25H19F4N3O5/c1-30-22(33)19-17-10-16(15-9-13(24(34)35)5-8-18(15)36-2)21(31-11-25(27,28)29)32-23(17)37-20(19)12-3-6-14(26)7-4-12/h3-10H,11H2,1-2H3,(H,30,33)(H,31,32)(H,34,35). The minimum Gasteiger partial charge on any atom is -0.496 e. The molecule has 4 aromatic rings. The number of aromatic carboxylic acids is 1. The van der Waals surface area contributed by atoms with Crippen LogP contribution in [0.4, 0.5) is 23.4 Å². The summed E-state index contributed by atoms with van der Waals surface area (Å²) in [4.78, 5) is 28.7. The summed E-state index contributed by atoms with van der Waals surface area (Å²) in [6, 6.07) is 10.3. The molecule has 0 fully saturated rings. The molecule has 3 N–H and O–H groups in total. The number of carbonyl (C=O) groups excluding carboxylic acids is 1. The summed E-state index contributed by atoms with van der Waals surface area (Å²) in [5.74, 6) is -2.49. The topological polar surface area (TPSA) is 114 Å². The number of furan rings is 1. The average Bonchev–Trinajstić information content (AvgIpc) is 3.24. The maximum atomic E-state index is 13.5. The number of carboxylic acids is 1. The highest BCUT2D eigenvalue weighted by Gasteiger charge is 2.29. The van der Waals surface area contributed by atoms with Crippen molar-refractivity contribution in [2.24, 2.45) is 0 Å². The zero-order valence-electron chi connectivity index (χ0n) is 19.4. The van der Waals surface area contributed by atoms with Crippen LogP contribution >= 0.6 is 0 Å². The number of hydrogen-bond acceptors (Lipinski definition) is 6. The number of aromatic nitrogens is 1. The van der Waals surface area contributed by atoms with Crippen molar-refractivity contribution >= 4 is 28.8 Å². The van der Waals surface area contributed by atoms with Gasteiger partial charge in [0.2, 0.25) is 5.71 Å². The Morgan fingerprint density at radius 2 is 1.78 bits per heavy atom. The second-order valence-electron chi connectivity index (χ2n) is 7.82. The number of carbonyl (C=O) groups is 2. The molecule has 0 saturated carbocycles. The van der Waals surface area contributed by atoms with Gasteiger partial charge in [-0.15, -0.1) is 0 Å². The minimum atomic E-state index is -4.60. The van der Waals surface area contributed by atoms with Crippen LogP contribution in [0.5, 0.6) is 5.75 Å². The van der Waals surface area contributed by atoms with Gasteiger partial charge in [-0.05, 0) is 48.5 Å². The van der Waals surface area contributed by atoms with E-state index >= 15 is 0 Å². The molecule has 2 heterocycles. The Morgan fingerprint density at radius 1 is 1.08 bits per heavy atom. The number of carboxylic acid groups (broad SMARTS) is 1. The number of hydrogen-bond donors (Lipinski definition) is 3. The highest BCUT2D eigenvalue weighted by atomic mass is 19.4. The van der Waals surface area contributed by atoms with Crippen molar-refractivity contribution in [1.82, 2.24) is 10.3 Å². The normalized spacial score (nSPS) is 11.4. The Hall–Kier alpha value is -4.61. The van der Waals surface area contributed by atoms with Crippen molar-refractivity contribution in [3.8, 4) is 28.2 Å². The molecule has 12 heteroatoms. The van der Waals surface area contributed by atoms with Gasteiger partial charge in [0, 0.05) is 23.7 Å². The third kappa shape index (κ3) is 5.17. The SMILES string of the molecule is CNC(=O)c1c(-c2ccc(F)cc2)oc2nc(NCC(F)(F)F)c(-c3cc(C(=O)O)ccc3OC)cc12. The zero-order chi connectivity index (χ0) is 26.9. The van der Waals surface area contributed by atoms with Crippen LogP contribution in [0.3, 0.4) is 0 Å².